The summed E-state index contributed by atoms with van der Waals surface area (Å²) < 4.78 is 1.66. The Kier molecular flexibility index (Phi) is 2.54. The molecule has 2 heterocycles. The van der Waals surface area contributed by atoms with Gasteiger partial charge in [-0.05, 0) is 23.8 Å². The summed E-state index contributed by atoms with van der Waals surface area (Å²) in [6.07, 6.45) is 8.16. The number of nitrogens with zero attached hydrogens (tertiary/aromatic N) is 1. The van der Waals surface area contributed by atoms with Crippen LogP contribution < -0.4 is 0 Å². The van der Waals surface area contributed by atoms with Crippen LogP contribution in [-0.4, -0.2) is 4.42 Å². The zero-order valence-corrected chi connectivity index (χ0v) is 10.1. The summed E-state index contributed by atoms with van der Waals surface area (Å²) in [6.45, 7) is 0. The lowest BCUT2D eigenvalue weighted by Gasteiger charge is -2.15. The summed E-state index contributed by atoms with van der Waals surface area (Å²) in [5.41, 5.74) is 2.42. The minimum atomic E-state index is 0.378. The fourth-order valence-electron chi connectivity index (χ4n) is 1.85. The lowest BCUT2D eigenvalue weighted by Crippen LogP contribution is -2.04. The number of hydrogen-bond donors (Lipinski definition) is 0. The first-order chi connectivity index (χ1) is 7.84. The average molecular weight is 248 g/mol. The van der Waals surface area contributed by atoms with Crippen LogP contribution in [0.5, 0.6) is 0 Å². The van der Waals surface area contributed by atoms with Gasteiger partial charge in [0.05, 0.1) is 10.9 Å². The van der Waals surface area contributed by atoms with Crippen molar-refractivity contribution in [3.63, 3.8) is 0 Å². The number of hydrogen-bond acceptors (Lipinski definition) is 2. The monoisotopic (exact) mass is 247 g/mol. The van der Waals surface area contributed by atoms with Crippen LogP contribution in [0.3, 0.4) is 0 Å². The molecule has 0 amide bonds. The Bertz CT molecular complexity index is 490. The van der Waals surface area contributed by atoms with Gasteiger partial charge in [-0.15, -0.1) is 11.8 Å². The molecule has 3 rings (SSSR count). The topological polar surface area (TPSA) is 3.24 Å². The molecule has 16 heavy (non-hydrogen) atoms. The van der Waals surface area contributed by atoms with Gasteiger partial charge in [0.15, 0.2) is 0 Å². The van der Waals surface area contributed by atoms with Gasteiger partial charge in [-0.1, -0.05) is 30.3 Å². The van der Waals surface area contributed by atoms with Gasteiger partial charge in [-0.3, -0.25) is 4.42 Å². The quantitative estimate of drug-likeness (QED) is 0.684. The van der Waals surface area contributed by atoms with Gasteiger partial charge < -0.3 is 0 Å². The molecule has 1 unspecified atom stereocenters. The van der Waals surface area contributed by atoms with E-state index in [2.05, 4.69) is 36.4 Å². The Morgan fingerprint density at radius 2 is 2.00 bits per heavy atom. The molecule has 2 aliphatic heterocycles. The molecule has 80 valence electrons. The second kappa shape index (κ2) is 4.04. The van der Waals surface area contributed by atoms with Crippen LogP contribution in [0.25, 0.3) is 0 Å². The largest absolute Gasteiger partial charge is 0.260 e. The van der Waals surface area contributed by atoms with E-state index in [1.807, 2.05) is 30.1 Å². The summed E-state index contributed by atoms with van der Waals surface area (Å²) in [5.74, 6) is 0. The Hall–Kier alpha value is -1.12. The minimum Gasteiger partial charge on any atom is -0.260 e. The maximum atomic E-state index is 6.09. The molecule has 0 saturated carbocycles. The molecule has 0 N–H and O–H groups in total. The highest BCUT2D eigenvalue weighted by Gasteiger charge is 2.26. The molecule has 0 saturated heterocycles. The molecule has 0 aliphatic carbocycles. The first-order valence-electron chi connectivity index (χ1n) is 5.12. The maximum Gasteiger partial charge on any atom is 0.0685 e. The van der Waals surface area contributed by atoms with Crippen LogP contribution in [0.15, 0.2) is 65.4 Å². The molecule has 2 aliphatic rings. The maximum absolute atomic E-state index is 6.09. The van der Waals surface area contributed by atoms with Gasteiger partial charge in [0.2, 0.25) is 0 Å². The third-order valence-electron chi connectivity index (χ3n) is 2.64. The predicted octanol–water partition coefficient (Wildman–Crippen LogP) is 4.23. The Balaban J connectivity index is 1.94. The molecule has 1 aromatic rings. The molecule has 0 fully saturated rings. The summed E-state index contributed by atoms with van der Waals surface area (Å²) in [7, 11) is 0. The van der Waals surface area contributed by atoms with Crippen molar-refractivity contribution in [1.82, 2.24) is 4.42 Å². The van der Waals surface area contributed by atoms with Crippen LogP contribution in [0, 0.1) is 0 Å². The number of rotatable bonds is 1. The van der Waals surface area contributed by atoms with E-state index in [4.69, 9.17) is 11.8 Å². The highest BCUT2D eigenvalue weighted by molar-refractivity contribution is 8.04. The van der Waals surface area contributed by atoms with Crippen LogP contribution in [0.2, 0.25) is 0 Å². The lowest BCUT2D eigenvalue weighted by atomic mass is 10.1. The van der Waals surface area contributed by atoms with E-state index in [9.17, 15) is 0 Å². The second-order valence-corrected chi connectivity index (χ2v) is 5.23. The molecule has 3 heteroatoms. The fraction of sp³-hybridized carbons (Fsp3) is 0.0769. The standard InChI is InChI=1S/C13H10ClNS/c14-15-8-4-7-12-11(15)9-13(16-12)10-5-2-1-3-6-10/h1-9,13H. The normalized spacial score (nSPS) is 22.8. The third kappa shape index (κ3) is 1.68. The van der Waals surface area contributed by atoms with Gasteiger partial charge in [0, 0.05) is 22.9 Å². The highest BCUT2D eigenvalue weighted by Crippen LogP contribution is 2.48. The summed E-state index contributed by atoms with van der Waals surface area (Å²) in [6, 6.07) is 10.5. The van der Waals surface area contributed by atoms with Crippen LogP contribution >= 0.6 is 23.5 Å². The lowest BCUT2D eigenvalue weighted by molar-refractivity contribution is 0.763. The molecule has 1 atom stereocenters. The molecule has 0 bridgehead atoms. The molecule has 1 aromatic carbocycles. The molecular weight excluding hydrogens is 238 g/mol. The molecule has 0 radical (unpaired) electrons. The average Bonchev–Trinajstić information content (AvgIpc) is 2.76. The number of allylic oxidation sites excluding steroid dienone is 2. The zero-order chi connectivity index (χ0) is 11.0. The fourth-order valence-corrected chi connectivity index (χ4v) is 3.32. The van der Waals surface area contributed by atoms with Crippen molar-refractivity contribution in [3.05, 3.63) is 70.9 Å². The van der Waals surface area contributed by atoms with E-state index < -0.39 is 0 Å². The molecular formula is C13H10ClNS. The summed E-state index contributed by atoms with van der Waals surface area (Å²) >= 11 is 7.94. The van der Waals surface area contributed by atoms with Gasteiger partial charge >= 0.3 is 0 Å². The van der Waals surface area contributed by atoms with Crippen LogP contribution in [0.1, 0.15) is 10.8 Å². The number of benzene rings is 1. The van der Waals surface area contributed by atoms with E-state index in [0.717, 1.165) is 5.70 Å². The zero-order valence-electron chi connectivity index (χ0n) is 8.51. The summed E-state index contributed by atoms with van der Waals surface area (Å²) in [4.78, 5) is 1.24. The van der Waals surface area contributed by atoms with E-state index >= 15 is 0 Å². The van der Waals surface area contributed by atoms with Crippen molar-refractivity contribution >= 4 is 23.5 Å². The second-order valence-electron chi connectivity index (χ2n) is 3.68. The predicted molar refractivity (Wildman–Crippen MR) is 69.8 cm³/mol. The van der Waals surface area contributed by atoms with Gasteiger partial charge in [-0.2, -0.15) is 0 Å². The van der Waals surface area contributed by atoms with Crippen molar-refractivity contribution < 1.29 is 0 Å². The van der Waals surface area contributed by atoms with Gasteiger partial charge in [-0.25, -0.2) is 0 Å². The van der Waals surface area contributed by atoms with Crippen LogP contribution in [-0.2, 0) is 0 Å². The Morgan fingerprint density at radius 1 is 1.19 bits per heavy atom. The van der Waals surface area contributed by atoms with E-state index in [1.165, 1.54) is 10.5 Å². The Morgan fingerprint density at radius 3 is 2.75 bits per heavy atom. The van der Waals surface area contributed by atoms with E-state index in [1.54, 1.807) is 4.42 Å². The third-order valence-corrected chi connectivity index (χ3v) is 4.19. The number of fused-ring (bicyclic) bond motifs is 1. The smallest absolute Gasteiger partial charge is 0.0685 e. The molecule has 0 spiro atoms. The number of thioether (sulfide) groups is 1. The van der Waals surface area contributed by atoms with E-state index in [0.29, 0.717) is 5.25 Å². The molecule has 1 nitrogen and oxygen atoms in total. The van der Waals surface area contributed by atoms with Crippen molar-refractivity contribution in [3.8, 4) is 0 Å². The summed E-state index contributed by atoms with van der Waals surface area (Å²) in [5, 5.41) is 0.378. The van der Waals surface area contributed by atoms with Crippen molar-refractivity contribution in [1.29, 1.82) is 0 Å². The first kappa shape index (κ1) is 10.1. The van der Waals surface area contributed by atoms with Crippen molar-refractivity contribution in [2.75, 3.05) is 0 Å². The van der Waals surface area contributed by atoms with Crippen molar-refractivity contribution in [2.45, 2.75) is 5.25 Å². The molecule has 0 aromatic heterocycles. The first-order valence-corrected chi connectivity index (χ1v) is 6.34. The highest BCUT2D eigenvalue weighted by atomic mass is 35.5. The minimum absolute atomic E-state index is 0.378. The van der Waals surface area contributed by atoms with Gasteiger partial charge in [0.25, 0.3) is 0 Å². The van der Waals surface area contributed by atoms with Gasteiger partial charge in [0.1, 0.15) is 0 Å². The SMILES string of the molecule is ClN1C=CC=C2SC(c3ccccc3)C=C21. The van der Waals surface area contributed by atoms with E-state index in [-0.39, 0.29) is 0 Å². The number of halogens is 1. The Labute approximate surface area is 104 Å². The van der Waals surface area contributed by atoms with Crippen molar-refractivity contribution in [2.24, 2.45) is 0 Å². The van der Waals surface area contributed by atoms with Crippen LogP contribution in [0.4, 0.5) is 0 Å².